The number of fused-ring (bicyclic) bond motifs is 1. The van der Waals surface area contributed by atoms with Crippen molar-refractivity contribution in [2.24, 2.45) is 17.8 Å². The zero-order valence-electron chi connectivity index (χ0n) is 24.6. The molecular formula is C33H46N4O3. The number of carbonyl (C=O) groups is 1. The molecule has 2 N–H and O–H groups in total. The van der Waals surface area contributed by atoms with Crippen molar-refractivity contribution >= 4 is 28.2 Å². The van der Waals surface area contributed by atoms with Crippen LogP contribution in [-0.4, -0.2) is 68.3 Å². The highest BCUT2D eigenvalue weighted by molar-refractivity contribution is 5.95. The summed E-state index contributed by atoms with van der Waals surface area (Å²) in [6.07, 6.45) is 6.75. The molecule has 1 aromatic heterocycles. The fourth-order valence-electron chi connectivity index (χ4n) is 6.45. The number of hydrogen-bond acceptors (Lipinski definition) is 5. The normalized spacial score (nSPS) is 22.1. The molecule has 0 unspecified atom stereocenters. The molecule has 40 heavy (non-hydrogen) atoms. The third-order valence-corrected chi connectivity index (χ3v) is 8.95. The number of aromatic amines is 1. The summed E-state index contributed by atoms with van der Waals surface area (Å²) in [4.78, 5) is 21.2. The maximum absolute atomic E-state index is 12.8. The van der Waals surface area contributed by atoms with E-state index in [0.717, 1.165) is 62.5 Å². The lowest BCUT2D eigenvalue weighted by molar-refractivity contribution is -0.126. The lowest BCUT2D eigenvalue weighted by Gasteiger charge is -2.37. The average molecular weight is 547 g/mol. The van der Waals surface area contributed by atoms with Crippen LogP contribution in [0.15, 0.2) is 48.7 Å². The SMILES string of the molecule is COc1ccc(N2CCN(CCc3c[nH]c4ccc(NC(=O)CO[C@@H]5C[C@H](C)CC[C@H]5C(C)C)cc34)CC2)cc1. The monoisotopic (exact) mass is 546 g/mol. The van der Waals surface area contributed by atoms with Crippen molar-refractivity contribution in [3.05, 3.63) is 54.2 Å². The van der Waals surface area contributed by atoms with E-state index in [4.69, 9.17) is 9.47 Å². The molecule has 7 heteroatoms. The Morgan fingerprint density at radius 1 is 1.07 bits per heavy atom. The van der Waals surface area contributed by atoms with Crippen LogP contribution in [0.3, 0.4) is 0 Å². The number of hydrogen-bond donors (Lipinski definition) is 2. The van der Waals surface area contributed by atoms with Crippen LogP contribution in [0.5, 0.6) is 5.75 Å². The number of ether oxygens (including phenoxy) is 2. The number of amides is 1. The van der Waals surface area contributed by atoms with Gasteiger partial charge < -0.3 is 24.7 Å². The maximum Gasteiger partial charge on any atom is 0.250 e. The molecule has 2 aliphatic rings. The van der Waals surface area contributed by atoms with Gasteiger partial charge in [0.15, 0.2) is 0 Å². The molecule has 2 aromatic carbocycles. The number of carbonyl (C=O) groups excluding carboxylic acids is 1. The number of nitrogens with zero attached hydrogens (tertiary/aromatic N) is 2. The van der Waals surface area contributed by atoms with E-state index in [0.29, 0.717) is 17.8 Å². The second-order valence-electron chi connectivity index (χ2n) is 12.1. The number of benzene rings is 2. The zero-order chi connectivity index (χ0) is 28.1. The van der Waals surface area contributed by atoms with Crippen molar-refractivity contribution in [1.29, 1.82) is 0 Å². The number of anilines is 2. The fraction of sp³-hybridized carbons (Fsp3) is 0.545. The highest BCUT2D eigenvalue weighted by Gasteiger charge is 2.31. The predicted molar refractivity (Wildman–Crippen MR) is 163 cm³/mol. The molecule has 0 spiro atoms. The minimum absolute atomic E-state index is 0.0769. The van der Waals surface area contributed by atoms with Crippen LogP contribution in [0.4, 0.5) is 11.4 Å². The van der Waals surface area contributed by atoms with E-state index in [1.807, 2.05) is 18.2 Å². The first-order valence-corrected chi connectivity index (χ1v) is 15.0. The number of H-pyrrole nitrogens is 1. The van der Waals surface area contributed by atoms with E-state index in [1.54, 1.807) is 7.11 Å². The van der Waals surface area contributed by atoms with E-state index in [9.17, 15) is 4.79 Å². The fourth-order valence-corrected chi connectivity index (χ4v) is 6.45. The molecule has 216 valence electrons. The van der Waals surface area contributed by atoms with E-state index in [2.05, 4.69) is 71.3 Å². The first-order chi connectivity index (χ1) is 19.4. The van der Waals surface area contributed by atoms with Gasteiger partial charge in [-0.2, -0.15) is 0 Å². The van der Waals surface area contributed by atoms with Gasteiger partial charge in [-0.25, -0.2) is 0 Å². The van der Waals surface area contributed by atoms with Gasteiger partial charge in [-0.05, 0) is 85.0 Å². The van der Waals surface area contributed by atoms with Crippen molar-refractivity contribution in [3.8, 4) is 5.75 Å². The molecule has 3 aromatic rings. The first-order valence-electron chi connectivity index (χ1n) is 15.0. The second kappa shape index (κ2) is 13.1. The van der Waals surface area contributed by atoms with Gasteiger partial charge in [0.1, 0.15) is 12.4 Å². The first kappa shape index (κ1) is 28.5. The molecule has 1 amide bonds. The summed E-state index contributed by atoms with van der Waals surface area (Å²) in [6, 6.07) is 14.5. The summed E-state index contributed by atoms with van der Waals surface area (Å²) in [7, 11) is 1.70. The molecule has 1 saturated carbocycles. The summed E-state index contributed by atoms with van der Waals surface area (Å²) in [5.41, 5.74) is 4.47. The van der Waals surface area contributed by atoms with Crippen LogP contribution in [0, 0.1) is 17.8 Å². The molecule has 7 nitrogen and oxygen atoms in total. The summed E-state index contributed by atoms with van der Waals surface area (Å²) >= 11 is 0. The summed E-state index contributed by atoms with van der Waals surface area (Å²) in [5, 5.41) is 4.25. The average Bonchev–Trinajstić information content (AvgIpc) is 3.37. The Hall–Kier alpha value is -3.03. The maximum atomic E-state index is 12.8. The van der Waals surface area contributed by atoms with Crippen molar-refractivity contribution in [2.75, 3.05) is 56.7 Å². The van der Waals surface area contributed by atoms with Crippen LogP contribution < -0.4 is 15.0 Å². The van der Waals surface area contributed by atoms with Crippen LogP contribution in [-0.2, 0) is 16.0 Å². The Morgan fingerprint density at radius 3 is 2.58 bits per heavy atom. The van der Waals surface area contributed by atoms with Crippen LogP contribution in [0.1, 0.15) is 45.6 Å². The largest absolute Gasteiger partial charge is 0.497 e. The number of piperazine rings is 1. The van der Waals surface area contributed by atoms with Gasteiger partial charge in [-0.1, -0.05) is 27.2 Å². The Labute approximate surface area is 239 Å². The highest BCUT2D eigenvalue weighted by Crippen LogP contribution is 2.35. The van der Waals surface area contributed by atoms with Crippen LogP contribution in [0.2, 0.25) is 0 Å². The van der Waals surface area contributed by atoms with Crippen molar-refractivity contribution in [2.45, 2.75) is 52.6 Å². The summed E-state index contributed by atoms with van der Waals surface area (Å²) < 4.78 is 11.5. The van der Waals surface area contributed by atoms with Crippen LogP contribution >= 0.6 is 0 Å². The van der Waals surface area contributed by atoms with Gasteiger partial charge in [0.25, 0.3) is 0 Å². The molecule has 0 radical (unpaired) electrons. The van der Waals surface area contributed by atoms with Gasteiger partial charge in [0.2, 0.25) is 5.91 Å². The van der Waals surface area contributed by atoms with Gasteiger partial charge in [0, 0.05) is 61.2 Å². The number of methoxy groups -OCH3 is 1. The van der Waals surface area contributed by atoms with Gasteiger partial charge in [0.05, 0.1) is 13.2 Å². The molecule has 1 aliphatic heterocycles. The number of aromatic nitrogens is 1. The third kappa shape index (κ3) is 6.99. The standard InChI is InChI=1S/C33H46N4O3/c1-23(2)29-11-5-24(3)19-32(29)40-22-33(38)35-26-6-12-31-30(20-26)25(21-34-31)13-14-36-15-17-37(18-16-36)27-7-9-28(39-4)10-8-27/h6-10,12,20-21,23-24,29,32,34H,5,11,13-19,22H2,1-4H3,(H,35,38)/t24-,29+,32-/m1/s1. The molecule has 0 bridgehead atoms. The summed E-state index contributed by atoms with van der Waals surface area (Å²) in [5.74, 6) is 2.59. The van der Waals surface area contributed by atoms with Crippen molar-refractivity contribution in [1.82, 2.24) is 9.88 Å². The Balaban J connectivity index is 1.12. The Kier molecular flexibility index (Phi) is 9.33. The Morgan fingerprint density at radius 2 is 1.85 bits per heavy atom. The predicted octanol–water partition coefficient (Wildman–Crippen LogP) is 5.96. The van der Waals surface area contributed by atoms with E-state index < -0.39 is 0 Å². The lowest BCUT2D eigenvalue weighted by Crippen LogP contribution is -2.46. The van der Waals surface area contributed by atoms with Gasteiger partial charge >= 0.3 is 0 Å². The molecule has 2 heterocycles. The topological polar surface area (TPSA) is 69.8 Å². The Bertz CT molecular complexity index is 1250. The molecule has 1 aliphatic carbocycles. The second-order valence-corrected chi connectivity index (χ2v) is 12.1. The zero-order valence-corrected chi connectivity index (χ0v) is 24.6. The molecule has 3 atom stereocenters. The minimum Gasteiger partial charge on any atom is -0.497 e. The van der Waals surface area contributed by atoms with E-state index >= 15 is 0 Å². The van der Waals surface area contributed by atoms with Crippen LogP contribution in [0.25, 0.3) is 10.9 Å². The van der Waals surface area contributed by atoms with Crippen molar-refractivity contribution < 1.29 is 14.3 Å². The van der Waals surface area contributed by atoms with Gasteiger partial charge in [-0.3, -0.25) is 9.69 Å². The third-order valence-electron chi connectivity index (χ3n) is 8.95. The van der Waals surface area contributed by atoms with E-state index in [-0.39, 0.29) is 18.6 Å². The lowest BCUT2D eigenvalue weighted by atomic mass is 9.75. The summed E-state index contributed by atoms with van der Waals surface area (Å²) in [6.45, 7) is 12.1. The smallest absolute Gasteiger partial charge is 0.250 e. The molecule has 2 fully saturated rings. The van der Waals surface area contributed by atoms with Crippen molar-refractivity contribution in [3.63, 3.8) is 0 Å². The number of nitrogens with one attached hydrogen (secondary N) is 2. The van der Waals surface area contributed by atoms with E-state index in [1.165, 1.54) is 29.5 Å². The highest BCUT2D eigenvalue weighted by atomic mass is 16.5. The molecular weight excluding hydrogens is 500 g/mol. The quantitative estimate of drug-likeness (QED) is 0.329. The molecule has 5 rings (SSSR count). The molecule has 1 saturated heterocycles. The van der Waals surface area contributed by atoms with Gasteiger partial charge in [-0.15, -0.1) is 0 Å². The minimum atomic E-state index is -0.0769. The number of rotatable bonds is 10.